The Morgan fingerprint density at radius 2 is 2.14 bits per heavy atom. The number of ether oxygens (including phenoxy) is 1. The van der Waals surface area contributed by atoms with Gasteiger partial charge < -0.3 is 20.1 Å². The Labute approximate surface area is 126 Å². The average molecular weight is 320 g/mol. The van der Waals surface area contributed by atoms with E-state index in [1.54, 1.807) is 18.2 Å². The fourth-order valence-corrected chi connectivity index (χ4v) is 2.22. The number of para-hydroxylation sites is 1. The van der Waals surface area contributed by atoms with Gasteiger partial charge in [-0.2, -0.15) is 8.78 Å². The van der Waals surface area contributed by atoms with E-state index in [4.69, 9.17) is 4.74 Å². The first-order chi connectivity index (χ1) is 9.93. The molecular weight excluding hydrogens is 302 g/mol. The van der Waals surface area contributed by atoms with Gasteiger partial charge in [0.2, 0.25) is 0 Å². The van der Waals surface area contributed by atoms with Crippen LogP contribution in [0.5, 0.6) is 0 Å². The number of nitrogens with one attached hydrogen (secondary N) is 1. The van der Waals surface area contributed by atoms with Crippen molar-refractivity contribution in [2.75, 3.05) is 32.6 Å². The molecule has 0 bridgehead atoms. The third-order valence-corrected chi connectivity index (χ3v) is 3.32. The Morgan fingerprint density at radius 1 is 1.48 bits per heavy atom. The molecule has 2 N–H and O–H groups in total. The highest BCUT2D eigenvalue weighted by molar-refractivity contribution is 7.99. The largest absolute Gasteiger partial charge is 0.389 e. The van der Waals surface area contributed by atoms with Gasteiger partial charge in [-0.15, -0.1) is 0 Å². The molecule has 21 heavy (non-hydrogen) atoms. The predicted molar refractivity (Wildman–Crippen MR) is 77.8 cm³/mol. The second-order valence-corrected chi connectivity index (χ2v) is 5.33. The zero-order valence-corrected chi connectivity index (χ0v) is 12.6. The van der Waals surface area contributed by atoms with Gasteiger partial charge >= 0.3 is 6.03 Å². The van der Waals surface area contributed by atoms with Crippen LogP contribution in [0.15, 0.2) is 29.2 Å². The van der Waals surface area contributed by atoms with Gasteiger partial charge in [-0.1, -0.05) is 23.9 Å². The molecule has 2 amide bonds. The first-order valence-corrected chi connectivity index (χ1v) is 7.05. The minimum atomic E-state index is -2.57. The number of hydrogen-bond acceptors (Lipinski definition) is 4. The highest BCUT2D eigenvalue weighted by Crippen LogP contribution is 2.31. The van der Waals surface area contributed by atoms with Crippen LogP contribution in [0.2, 0.25) is 0 Å². The number of aliphatic hydroxyl groups excluding tert-OH is 1. The van der Waals surface area contributed by atoms with E-state index in [2.05, 4.69) is 5.32 Å². The van der Waals surface area contributed by atoms with Crippen LogP contribution in [0.1, 0.15) is 0 Å². The van der Waals surface area contributed by atoms with Crippen LogP contribution in [-0.2, 0) is 4.74 Å². The smallest absolute Gasteiger partial charge is 0.321 e. The third-order valence-electron chi connectivity index (χ3n) is 2.54. The van der Waals surface area contributed by atoms with E-state index >= 15 is 0 Å². The molecule has 0 aliphatic rings. The Kier molecular flexibility index (Phi) is 7.41. The number of nitrogens with zero attached hydrogens (tertiary/aromatic N) is 1. The maximum atomic E-state index is 12.4. The van der Waals surface area contributed by atoms with Crippen LogP contribution in [-0.4, -0.2) is 55.2 Å². The maximum Gasteiger partial charge on any atom is 0.321 e. The van der Waals surface area contributed by atoms with Crippen molar-refractivity contribution in [3.8, 4) is 0 Å². The number of amides is 2. The van der Waals surface area contributed by atoms with E-state index in [1.165, 1.54) is 25.1 Å². The summed E-state index contributed by atoms with van der Waals surface area (Å²) in [5.74, 6) is -2.57. The van der Waals surface area contributed by atoms with Crippen molar-refractivity contribution in [2.24, 2.45) is 0 Å². The van der Waals surface area contributed by atoms with Crippen molar-refractivity contribution in [1.82, 2.24) is 4.90 Å². The highest BCUT2D eigenvalue weighted by Gasteiger charge is 2.16. The molecule has 118 valence electrons. The van der Waals surface area contributed by atoms with Crippen LogP contribution >= 0.6 is 11.8 Å². The van der Waals surface area contributed by atoms with E-state index in [-0.39, 0.29) is 18.0 Å². The quantitative estimate of drug-likeness (QED) is 0.758. The van der Waals surface area contributed by atoms with Gasteiger partial charge in [-0.25, -0.2) is 4.79 Å². The molecule has 5 nitrogen and oxygen atoms in total. The van der Waals surface area contributed by atoms with Gasteiger partial charge in [0.05, 0.1) is 24.9 Å². The van der Waals surface area contributed by atoms with Gasteiger partial charge in [0.25, 0.3) is 5.76 Å². The lowest BCUT2D eigenvalue weighted by molar-refractivity contribution is 0.0501. The molecule has 1 aromatic carbocycles. The zero-order valence-electron chi connectivity index (χ0n) is 11.8. The number of likely N-dealkylation sites (N-methyl/N-ethyl adjacent to an activating group) is 1. The number of halogens is 2. The number of thioether (sulfide) groups is 1. The van der Waals surface area contributed by atoms with E-state index in [0.717, 1.165) is 0 Å². The molecule has 0 aliphatic heterocycles. The fourth-order valence-electron chi connectivity index (χ4n) is 1.62. The Hall–Kier alpha value is -1.38. The Morgan fingerprint density at radius 3 is 2.76 bits per heavy atom. The number of benzene rings is 1. The second-order valence-electron chi connectivity index (χ2n) is 4.29. The van der Waals surface area contributed by atoms with Crippen molar-refractivity contribution in [2.45, 2.75) is 16.8 Å². The van der Waals surface area contributed by atoms with Gasteiger partial charge in [0.1, 0.15) is 0 Å². The van der Waals surface area contributed by atoms with Gasteiger partial charge in [-0.05, 0) is 12.1 Å². The number of methoxy groups -OCH3 is 1. The number of anilines is 1. The van der Waals surface area contributed by atoms with Crippen molar-refractivity contribution in [1.29, 1.82) is 0 Å². The Balaban J connectivity index is 2.65. The third kappa shape index (κ3) is 6.28. The average Bonchev–Trinajstić information content (AvgIpc) is 2.40. The highest BCUT2D eigenvalue weighted by atomic mass is 32.2. The molecule has 1 atom stereocenters. The van der Waals surface area contributed by atoms with E-state index in [1.807, 2.05) is 0 Å². The normalized spacial score (nSPS) is 12.3. The number of alkyl halides is 2. The summed E-state index contributed by atoms with van der Waals surface area (Å²) < 4.78 is 29.7. The molecule has 0 unspecified atom stereocenters. The number of carbonyl (C=O) groups excluding carboxylic acids is 1. The van der Waals surface area contributed by atoms with E-state index < -0.39 is 17.9 Å². The molecule has 8 heteroatoms. The van der Waals surface area contributed by atoms with Crippen molar-refractivity contribution >= 4 is 23.5 Å². The summed E-state index contributed by atoms with van der Waals surface area (Å²) in [5.41, 5.74) is 0.306. The van der Waals surface area contributed by atoms with E-state index in [9.17, 15) is 18.7 Å². The van der Waals surface area contributed by atoms with Gasteiger partial charge in [0.15, 0.2) is 0 Å². The van der Waals surface area contributed by atoms with Crippen molar-refractivity contribution in [3.05, 3.63) is 24.3 Å². The topological polar surface area (TPSA) is 61.8 Å². The minimum Gasteiger partial charge on any atom is -0.389 e. The molecule has 1 aromatic rings. The fraction of sp³-hybridized carbons (Fsp3) is 0.462. The number of carbonyl (C=O) groups is 1. The molecule has 0 spiro atoms. The first-order valence-electron chi connectivity index (χ1n) is 6.17. The molecule has 0 fully saturated rings. The molecular formula is C13H18F2N2O3S. The summed E-state index contributed by atoms with van der Waals surface area (Å²) in [6.45, 7) is 0.180. The lowest BCUT2D eigenvalue weighted by Crippen LogP contribution is -2.38. The number of urea groups is 1. The molecule has 0 aliphatic carbocycles. The zero-order chi connectivity index (χ0) is 15.8. The van der Waals surface area contributed by atoms with Crippen LogP contribution in [0.25, 0.3) is 0 Å². The van der Waals surface area contributed by atoms with Crippen LogP contribution in [0, 0.1) is 0 Å². The van der Waals surface area contributed by atoms with Crippen LogP contribution < -0.4 is 5.32 Å². The number of aliphatic hydroxyl groups is 1. The molecule has 0 saturated carbocycles. The second kappa shape index (κ2) is 8.81. The summed E-state index contributed by atoms with van der Waals surface area (Å²) in [4.78, 5) is 13.5. The predicted octanol–water partition coefficient (Wildman–Crippen LogP) is 2.47. The molecule has 0 heterocycles. The SMILES string of the molecule is COC[C@@H](O)CN(C)C(=O)Nc1ccccc1SC(F)F. The number of hydrogen-bond donors (Lipinski definition) is 2. The standard InChI is InChI=1S/C13H18F2N2O3S/c1-17(7-9(18)8-20-2)13(19)16-10-5-3-4-6-11(10)21-12(14)15/h3-6,9,12,18H,7-8H2,1-2H3,(H,16,19)/t9-/m0/s1. The van der Waals surface area contributed by atoms with Gasteiger partial charge in [0, 0.05) is 19.1 Å². The summed E-state index contributed by atoms with van der Waals surface area (Å²) >= 11 is 0.365. The monoisotopic (exact) mass is 320 g/mol. The molecule has 0 saturated heterocycles. The molecule has 0 radical (unpaired) electrons. The maximum absolute atomic E-state index is 12.4. The lowest BCUT2D eigenvalue weighted by atomic mass is 10.3. The van der Waals surface area contributed by atoms with Crippen molar-refractivity contribution < 1.29 is 23.4 Å². The van der Waals surface area contributed by atoms with Gasteiger partial charge in [-0.3, -0.25) is 0 Å². The lowest BCUT2D eigenvalue weighted by Gasteiger charge is -2.21. The number of rotatable bonds is 7. The first kappa shape index (κ1) is 17.7. The van der Waals surface area contributed by atoms with Crippen molar-refractivity contribution in [3.63, 3.8) is 0 Å². The summed E-state index contributed by atoms with van der Waals surface area (Å²) in [6.07, 6.45) is -0.809. The summed E-state index contributed by atoms with van der Waals surface area (Å²) in [7, 11) is 2.94. The summed E-state index contributed by atoms with van der Waals surface area (Å²) in [5, 5.41) is 12.1. The summed E-state index contributed by atoms with van der Waals surface area (Å²) in [6, 6.07) is 5.82. The minimum absolute atomic E-state index is 0.0732. The van der Waals surface area contributed by atoms with E-state index in [0.29, 0.717) is 17.4 Å². The molecule has 1 rings (SSSR count). The van der Waals surface area contributed by atoms with Crippen LogP contribution in [0.4, 0.5) is 19.3 Å². The molecule has 0 aromatic heterocycles. The van der Waals surface area contributed by atoms with Crippen LogP contribution in [0.3, 0.4) is 0 Å². The Bertz CT molecular complexity index is 463.